The third kappa shape index (κ3) is 3.81. The number of aromatic nitrogens is 1. The molecule has 0 atom stereocenters. The number of rotatable bonds is 4. The van der Waals surface area contributed by atoms with Crippen LogP contribution < -0.4 is 0 Å². The highest BCUT2D eigenvalue weighted by atomic mass is 19.4. The normalized spacial score (nSPS) is 12.0. The number of halogens is 3. The number of hydrogen-bond acceptors (Lipinski definition) is 2. The van der Waals surface area contributed by atoms with E-state index >= 15 is 0 Å². The molecule has 14 heavy (non-hydrogen) atoms. The first-order valence-corrected chi connectivity index (χ1v) is 4.52. The fourth-order valence-electron chi connectivity index (χ4n) is 1.11. The van der Waals surface area contributed by atoms with E-state index < -0.39 is 12.6 Å². The fraction of sp³-hybridized carbons (Fsp3) is 0.667. The monoisotopic (exact) mass is 207 g/mol. The van der Waals surface area contributed by atoms with E-state index in [4.69, 9.17) is 4.52 Å². The molecule has 0 spiro atoms. The number of hydrogen-bond donors (Lipinski definition) is 0. The highest BCUT2D eigenvalue weighted by molar-refractivity contribution is 5.06. The van der Waals surface area contributed by atoms with Crippen LogP contribution in [0.1, 0.15) is 31.2 Å². The second-order valence-corrected chi connectivity index (χ2v) is 3.18. The van der Waals surface area contributed by atoms with Gasteiger partial charge in [-0.1, -0.05) is 18.5 Å². The lowest BCUT2D eigenvalue weighted by atomic mass is 10.2. The van der Waals surface area contributed by atoms with Crippen LogP contribution in [0.5, 0.6) is 0 Å². The molecule has 1 aromatic rings. The topological polar surface area (TPSA) is 26.0 Å². The minimum atomic E-state index is -4.21. The first-order valence-electron chi connectivity index (χ1n) is 4.52. The molecule has 0 N–H and O–H groups in total. The fourth-order valence-corrected chi connectivity index (χ4v) is 1.11. The molecule has 0 aliphatic carbocycles. The van der Waals surface area contributed by atoms with Gasteiger partial charge in [-0.3, -0.25) is 0 Å². The minimum absolute atomic E-state index is 0.0383. The third-order valence-electron chi connectivity index (χ3n) is 1.77. The Bertz CT molecular complexity index is 280. The number of unbranched alkanes of at least 4 members (excludes halogenated alkanes) is 1. The van der Waals surface area contributed by atoms with E-state index in [-0.39, 0.29) is 5.69 Å². The van der Waals surface area contributed by atoms with Crippen molar-refractivity contribution in [3.05, 3.63) is 17.5 Å². The van der Waals surface area contributed by atoms with Crippen LogP contribution in [-0.2, 0) is 12.8 Å². The van der Waals surface area contributed by atoms with Crippen molar-refractivity contribution in [2.75, 3.05) is 0 Å². The summed E-state index contributed by atoms with van der Waals surface area (Å²) in [5.74, 6) is 0.533. The zero-order chi connectivity index (χ0) is 10.6. The molecule has 0 saturated carbocycles. The van der Waals surface area contributed by atoms with Gasteiger partial charge < -0.3 is 4.52 Å². The Labute approximate surface area is 80.1 Å². The van der Waals surface area contributed by atoms with Crippen molar-refractivity contribution in [2.24, 2.45) is 0 Å². The third-order valence-corrected chi connectivity index (χ3v) is 1.77. The van der Waals surface area contributed by atoms with Crippen molar-refractivity contribution >= 4 is 0 Å². The smallest absolute Gasteiger partial charge is 0.361 e. The standard InChI is InChI=1S/C9H12F3NO/c1-2-3-4-8-5-7(13-14-8)6-9(10,11)12/h5H,2-4,6H2,1H3. The van der Waals surface area contributed by atoms with E-state index in [9.17, 15) is 13.2 Å². The Hall–Kier alpha value is -1.00. The Morgan fingerprint density at radius 2 is 2.14 bits per heavy atom. The molecule has 0 fully saturated rings. The lowest BCUT2D eigenvalue weighted by Gasteiger charge is -2.00. The highest BCUT2D eigenvalue weighted by Crippen LogP contribution is 2.21. The maximum absolute atomic E-state index is 11.9. The number of nitrogens with zero attached hydrogens (tertiary/aromatic N) is 1. The van der Waals surface area contributed by atoms with Crippen LogP contribution in [0.15, 0.2) is 10.6 Å². The van der Waals surface area contributed by atoms with Gasteiger partial charge in [-0.2, -0.15) is 13.2 Å². The van der Waals surface area contributed by atoms with E-state index in [1.165, 1.54) is 6.07 Å². The molecular weight excluding hydrogens is 195 g/mol. The summed E-state index contributed by atoms with van der Waals surface area (Å²) in [6.45, 7) is 2.01. The van der Waals surface area contributed by atoms with E-state index in [2.05, 4.69) is 5.16 Å². The van der Waals surface area contributed by atoms with Crippen LogP contribution in [0.3, 0.4) is 0 Å². The summed E-state index contributed by atoms with van der Waals surface area (Å²) in [4.78, 5) is 0. The van der Waals surface area contributed by atoms with E-state index in [1.807, 2.05) is 6.92 Å². The molecule has 5 heteroatoms. The van der Waals surface area contributed by atoms with Gasteiger partial charge in [-0.15, -0.1) is 0 Å². The molecule has 0 radical (unpaired) electrons. The molecule has 1 rings (SSSR count). The van der Waals surface area contributed by atoms with E-state index in [0.29, 0.717) is 12.2 Å². The molecular formula is C9H12F3NO. The Morgan fingerprint density at radius 3 is 2.71 bits per heavy atom. The SMILES string of the molecule is CCCCc1cc(CC(F)(F)F)no1. The summed E-state index contributed by atoms with van der Waals surface area (Å²) in [6.07, 6.45) is -2.68. The van der Waals surface area contributed by atoms with Gasteiger partial charge in [0.2, 0.25) is 0 Å². The molecule has 1 heterocycles. The van der Waals surface area contributed by atoms with Crippen LogP contribution in [0.2, 0.25) is 0 Å². The summed E-state index contributed by atoms with van der Waals surface area (Å²) < 4.78 is 40.5. The van der Waals surface area contributed by atoms with Crippen molar-refractivity contribution in [2.45, 2.75) is 38.8 Å². The zero-order valence-corrected chi connectivity index (χ0v) is 7.90. The lowest BCUT2D eigenvalue weighted by Crippen LogP contribution is -2.11. The average molecular weight is 207 g/mol. The van der Waals surface area contributed by atoms with E-state index in [1.54, 1.807) is 0 Å². The van der Waals surface area contributed by atoms with Crippen molar-refractivity contribution in [1.29, 1.82) is 0 Å². The number of alkyl halides is 3. The van der Waals surface area contributed by atoms with Gasteiger partial charge in [-0.25, -0.2) is 0 Å². The predicted octanol–water partition coefficient (Wildman–Crippen LogP) is 3.12. The second kappa shape index (κ2) is 4.48. The van der Waals surface area contributed by atoms with E-state index in [0.717, 1.165) is 12.8 Å². The molecule has 0 saturated heterocycles. The van der Waals surface area contributed by atoms with Gasteiger partial charge in [0.1, 0.15) is 5.76 Å². The lowest BCUT2D eigenvalue weighted by molar-refractivity contribution is -0.128. The molecule has 0 amide bonds. The number of aryl methyl sites for hydroxylation is 1. The van der Waals surface area contributed by atoms with Gasteiger partial charge in [0.15, 0.2) is 0 Å². The van der Waals surface area contributed by atoms with Gasteiger partial charge in [0, 0.05) is 12.5 Å². The largest absolute Gasteiger partial charge is 0.394 e. The molecule has 0 aromatic carbocycles. The molecule has 0 aliphatic heterocycles. The van der Waals surface area contributed by atoms with Gasteiger partial charge in [-0.05, 0) is 6.42 Å². The Balaban J connectivity index is 2.51. The summed E-state index contributed by atoms with van der Waals surface area (Å²) in [5.41, 5.74) is -0.0383. The Morgan fingerprint density at radius 1 is 1.43 bits per heavy atom. The molecule has 80 valence electrons. The molecule has 1 aromatic heterocycles. The van der Waals surface area contributed by atoms with Gasteiger partial charge in [0.05, 0.1) is 12.1 Å². The first kappa shape index (κ1) is 11.1. The minimum Gasteiger partial charge on any atom is -0.361 e. The molecule has 0 unspecified atom stereocenters. The van der Waals surface area contributed by atoms with Crippen LogP contribution in [-0.4, -0.2) is 11.3 Å². The van der Waals surface area contributed by atoms with Crippen molar-refractivity contribution < 1.29 is 17.7 Å². The van der Waals surface area contributed by atoms with Crippen LogP contribution in [0.25, 0.3) is 0 Å². The quantitative estimate of drug-likeness (QED) is 0.758. The first-order chi connectivity index (χ1) is 6.51. The second-order valence-electron chi connectivity index (χ2n) is 3.18. The maximum Gasteiger partial charge on any atom is 0.394 e. The summed E-state index contributed by atoms with van der Waals surface area (Å²) in [6, 6.07) is 1.38. The van der Waals surface area contributed by atoms with Crippen molar-refractivity contribution in [1.82, 2.24) is 5.16 Å². The molecule has 0 bridgehead atoms. The van der Waals surface area contributed by atoms with Crippen molar-refractivity contribution in [3.63, 3.8) is 0 Å². The summed E-state index contributed by atoms with van der Waals surface area (Å²) >= 11 is 0. The molecule has 2 nitrogen and oxygen atoms in total. The van der Waals surface area contributed by atoms with Gasteiger partial charge in [0.25, 0.3) is 0 Å². The average Bonchev–Trinajstić information content (AvgIpc) is 2.46. The Kier molecular flexibility index (Phi) is 3.55. The predicted molar refractivity (Wildman–Crippen MR) is 44.9 cm³/mol. The van der Waals surface area contributed by atoms with Crippen molar-refractivity contribution in [3.8, 4) is 0 Å². The summed E-state index contributed by atoms with van der Waals surface area (Å²) in [5, 5.41) is 3.36. The van der Waals surface area contributed by atoms with Crippen LogP contribution >= 0.6 is 0 Å². The summed E-state index contributed by atoms with van der Waals surface area (Å²) in [7, 11) is 0. The molecule has 0 aliphatic rings. The highest BCUT2D eigenvalue weighted by Gasteiger charge is 2.29. The van der Waals surface area contributed by atoms with Crippen LogP contribution in [0, 0.1) is 0 Å². The van der Waals surface area contributed by atoms with Gasteiger partial charge >= 0.3 is 6.18 Å². The van der Waals surface area contributed by atoms with Crippen LogP contribution in [0.4, 0.5) is 13.2 Å². The maximum atomic E-state index is 11.9. The zero-order valence-electron chi connectivity index (χ0n) is 7.90.